The fourth-order valence-electron chi connectivity index (χ4n) is 3.36. The molecule has 2 heterocycles. The van der Waals surface area contributed by atoms with Gasteiger partial charge in [0.05, 0.1) is 22.6 Å². The number of fused-ring (bicyclic) bond motifs is 1. The highest BCUT2D eigenvalue weighted by molar-refractivity contribution is 6.15. The number of nitrogens with one attached hydrogen (secondary N) is 1. The van der Waals surface area contributed by atoms with Crippen LogP contribution >= 0.6 is 0 Å². The van der Waals surface area contributed by atoms with Gasteiger partial charge in [-0.3, -0.25) is 14.5 Å². The number of hydrogen-bond donors (Lipinski definition) is 1. The molecule has 31 heavy (non-hydrogen) atoms. The summed E-state index contributed by atoms with van der Waals surface area (Å²) < 4.78 is 6.84. The molecule has 0 saturated heterocycles. The lowest BCUT2D eigenvalue weighted by Gasteiger charge is -2.42. The van der Waals surface area contributed by atoms with Gasteiger partial charge in [0, 0.05) is 0 Å². The maximum Gasteiger partial charge on any atom is 0.338 e. The average molecular weight is 420 g/mol. The number of anilines is 2. The Kier molecular flexibility index (Phi) is 4.97. The average Bonchev–Trinajstić information content (AvgIpc) is 3.29. The predicted octanol–water partition coefficient (Wildman–Crippen LogP) is 1.97. The van der Waals surface area contributed by atoms with Crippen LogP contribution in [0.3, 0.4) is 0 Å². The summed E-state index contributed by atoms with van der Waals surface area (Å²) >= 11 is 0. The third-order valence-electron chi connectivity index (χ3n) is 5.06. The van der Waals surface area contributed by atoms with E-state index in [-0.39, 0.29) is 11.5 Å². The lowest BCUT2D eigenvalue weighted by atomic mass is 9.95. The molecular formula is C21H20N6O4. The summed E-state index contributed by atoms with van der Waals surface area (Å²) in [5.74, 6) is -1.51. The second-order valence-electron chi connectivity index (χ2n) is 7.56. The van der Waals surface area contributed by atoms with Gasteiger partial charge in [-0.2, -0.15) is 0 Å². The van der Waals surface area contributed by atoms with Crippen molar-refractivity contribution in [1.29, 1.82) is 0 Å². The van der Waals surface area contributed by atoms with E-state index in [9.17, 15) is 14.4 Å². The Bertz CT molecular complexity index is 1160. The summed E-state index contributed by atoms with van der Waals surface area (Å²) in [6.07, 6.45) is 0.278. The number of hydrogen-bond acceptors (Lipinski definition) is 7. The van der Waals surface area contributed by atoms with E-state index >= 15 is 0 Å². The van der Waals surface area contributed by atoms with E-state index in [1.54, 1.807) is 62.4 Å². The molecule has 1 aliphatic rings. The number of tetrazole rings is 1. The van der Waals surface area contributed by atoms with Crippen LogP contribution in [0.4, 0.5) is 11.4 Å². The number of rotatable bonds is 4. The lowest BCUT2D eigenvalue weighted by Crippen LogP contribution is -2.60. The van der Waals surface area contributed by atoms with Crippen molar-refractivity contribution in [3.63, 3.8) is 0 Å². The van der Waals surface area contributed by atoms with Gasteiger partial charge >= 0.3 is 5.97 Å². The summed E-state index contributed by atoms with van der Waals surface area (Å²) in [6, 6.07) is 13.5. The number of para-hydroxylation sites is 2. The smallest absolute Gasteiger partial charge is 0.338 e. The highest BCUT2D eigenvalue weighted by atomic mass is 16.5. The minimum Gasteiger partial charge on any atom is -0.449 e. The quantitative estimate of drug-likeness (QED) is 0.641. The summed E-state index contributed by atoms with van der Waals surface area (Å²) in [6.45, 7) is 4.76. The van der Waals surface area contributed by atoms with E-state index < -0.39 is 23.5 Å². The molecule has 4 rings (SSSR count). The minimum absolute atomic E-state index is 0.240. The molecule has 1 aromatic heterocycles. The van der Waals surface area contributed by atoms with Crippen LogP contribution in [0.2, 0.25) is 0 Å². The van der Waals surface area contributed by atoms with Crippen molar-refractivity contribution in [2.75, 3.05) is 10.2 Å². The van der Waals surface area contributed by atoms with Gasteiger partial charge in [0.25, 0.3) is 5.91 Å². The number of aromatic nitrogens is 4. The molecule has 1 aliphatic heterocycles. The monoisotopic (exact) mass is 420 g/mol. The van der Waals surface area contributed by atoms with Crippen LogP contribution in [0.25, 0.3) is 5.69 Å². The summed E-state index contributed by atoms with van der Waals surface area (Å²) in [5, 5.41) is 13.7. The standard InChI is InChI=1S/C21H20N6O4/c1-13(31-19(29)14-7-6-8-15(11-14)26-12-22-24-25-26)18(28)27-17-10-5-4-9-16(17)23-20(30)21(27,2)3/h4-13H,1-3H3,(H,23,30)/t13-/m1/s1. The first-order valence-electron chi connectivity index (χ1n) is 9.58. The Labute approximate surface area is 177 Å². The Hall–Kier alpha value is -4.08. The predicted molar refractivity (Wildman–Crippen MR) is 111 cm³/mol. The normalized spacial score (nSPS) is 15.6. The Morgan fingerprint density at radius 2 is 1.90 bits per heavy atom. The van der Waals surface area contributed by atoms with Crippen molar-refractivity contribution in [2.24, 2.45) is 0 Å². The van der Waals surface area contributed by atoms with Gasteiger partial charge in [0.1, 0.15) is 11.9 Å². The van der Waals surface area contributed by atoms with Crippen LogP contribution in [-0.2, 0) is 14.3 Å². The molecule has 10 heteroatoms. The van der Waals surface area contributed by atoms with E-state index in [2.05, 4.69) is 20.8 Å². The number of carbonyl (C=O) groups is 3. The van der Waals surface area contributed by atoms with Crippen molar-refractivity contribution in [3.8, 4) is 5.69 Å². The zero-order valence-electron chi connectivity index (χ0n) is 17.1. The van der Waals surface area contributed by atoms with E-state index in [0.29, 0.717) is 17.1 Å². The maximum atomic E-state index is 13.3. The topological polar surface area (TPSA) is 119 Å². The third-order valence-corrected chi connectivity index (χ3v) is 5.06. The van der Waals surface area contributed by atoms with Gasteiger partial charge in [-0.15, -0.1) is 5.10 Å². The lowest BCUT2D eigenvalue weighted by molar-refractivity contribution is -0.131. The molecule has 0 bridgehead atoms. The summed E-state index contributed by atoms with van der Waals surface area (Å²) in [7, 11) is 0. The van der Waals surface area contributed by atoms with Crippen LogP contribution in [0.15, 0.2) is 54.9 Å². The van der Waals surface area contributed by atoms with Crippen molar-refractivity contribution >= 4 is 29.2 Å². The number of benzene rings is 2. The molecular weight excluding hydrogens is 400 g/mol. The first-order chi connectivity index (χ1) is 14.8. The fourth-order valence-corrected chi connectivity index (χ4v) is 3.36. The zero-order chi connectivity index (χ0) is 22.2. The van der Waals surface area contributed by atoms with Crippen molar-refractivity contribution < 1.29 is 19.1 Å². The number of nitrogens with zero attached hydrogens (tertiary/aromatic N) is 5. The maximum absolute atomic E-state index is 13.3. The third kappa shape index (κ3) is 3.63. The fraction of sp³-hybridized carbons (Fsp3) is 0.238. The molecule has 0 aliphatic carbocycles. The molecule has 1 N–H and O–H groups in total. The van der Waals surface area contributed by atoms with E-state index in [1.165, 1.54) is 22.8 Å². The molecule has 3 aromatic rings. The number of esters is 1. The van der Waals surface area contributed by atoms with Crippen molar-refractivity contribution in [3.05, 3.63) is 60.4 Å². The minimum atomic E-state index is -1.16. The molecule has 158 valence electrons. The Morgan fingerprint density at radius 3 is 2.65 bits per heavy atom. The molecule has 0 radical (unpaired) electrons. The van der Waals surface area contributed by atoms with Crippen LogP contribution in [0.5, 0.6) is 0 Å². The van der Waals surface area contributed by atoms with E-state index in [4.69, 9.17) is 4.74 Å². The Balaban J connectivity index is 1.57. The summed E-state index contributed by atoms with van der Waals surface area (Å²) in [5.41, 5.74) is 0.713. The Morgan fingerprint density at radius 1 is 1.13 bits per heavy atom. The SMILES string of the molecule is C[C@@H](OC(=O)c1cccc(-n2cnnn2)c1)C(=O)N1c2ccccc2NC(=O)C1(C)C. The first-order valence-corrected chi connectivity index (χ1v) is 9.58. The zero-order valence-corrected chi connectivity index (χ0v) is 17.1. The molecule has 0 fully saturated rings. The van der Waals surface area contributed by atoms with E-state index in [1.807, 2.05) is 0 Å². The van der Waals surface area contributed by atoms with Gasteiger partial charge in [-0.25, -0.2) is 9.48 Å². The van der Waals surface area contributed by atoms with Gasteiger partial charge in [-0.1, -0.05) is 18.2 Å². The van der Waals surface area contributed by atoms with Crippen molar-refractivity contribution in [2.45, 2.75) is 32.4 Å². The van der Waals surface area contributed by atoms with Gasteiger partial charge in [-0.05, 0) is 61.5 Å². The largest absolute Gasteiger partial charge is 0.449 e. The molecule has 2 aromatic carbocycles. The van der Waals surface area contributed by atoms with Crippen LogP contribution in [-0.4, -0.2) is 49.6 Å². The number of ether oxygens (including phenoxy) is 1. The van der Waals surface area contributed by atoms with E-state index in [0.717, 1.165) is 0 Å². The van der Waals surface area contributed by atoms with Gasteiger partial charge in [0.15, 0.2) is 6.10 Å². The molecule has 2 amide bonds. The first kappa shape index (κ1) is 20.2. The second kappa shape index (κ2) is 7.63. The van der Waals surface area contributed by atoms with Crippen molar-refractivity contribution in [1.82, 2.24) is 20.2 Å². The highest BCUT2D eigenvalue weighted by Gasteiger charge is 2.45. The molecule has 0 unspecified atom stereocenters. The number of carbonyl (C=O) groups excluding carboxylic acids is 3. The summed E-state index contributed by atoms with van der Waals surface area (Å²) in [4.78, 5) is 39.9. The molecule has 0 saturated carbocycles. The van der Waals surface area contributed by atoms with Crippen LogP contribution in [0.1, 0.15) is 31.1 Å². The van der Waals surface area contributed by atoms with Crippen LogP contribution < -0.4 is 10.2 Å². The highest BCUT2D eigenvalue weighted by Crippen LogP contribution is 2.37. The van der Waals surface area contributed by atoms with Crippen LogP contribution in [0, 0.1) is 0 Å². The molecule has 1 atom stereocenters. The van der Waals surface area contributed by atoms with Gasteiger partial charge < -0.3 is 10.1 Å². The number of amides is 2. The molecule has 10 nitrogen and oxygen atoms in total. The van der Waals surface area contributed by atoms with Gasteiger partial charge in [0.2, 0.25) is 5.91 Å². The second-order valence-corrected chi connectivity index (χ2v) is 7.56. The molecule has 0 spiro atoms.